The predicted molar refractivity (Wildman–Crippen MR) is 126 cm³/mol. The van der Waals surface area contributed by atoms with Gasteiger partial charge in [-0.3, -0.25) is 14.5 Å². The van der Waals surface area contributed by atoms with Gasteiger partial charge in [-0.2, -0.15) is 0 Å². The number of hydrogen-bond acceptors (Lipinski definition) is 4. The fourth-order valence-electron chi connectivity index (χ4n) is 4.57. The number of nitrogens with zero attached hydrogens (tertiary/aromatic N) is 2. The fourth-order valence-corrected chi connectivity index (χ4v) is 4.81. The van der Waals surface area contributed by atoms with Crippen molar-refractivity contribution in [1.82, 2.24) is 15.1 Å². The Morgan fingerprint density at radius 3 is 2.64 bits per heavy atom. The molecule has 0 saturated carbocycles. The third-order valence-electron chi connectivity index (χ3n) is 6.23. The lowest BCUT2D eigenvalue weighted by Gasteiger charge is -2.24. The quantitative estimate of drug-likeness (QED) is 0.620. The summed E-state index contributed by atoms with van der Waals surface area (Å²) in [5, 5.41) is 3.22. The number of benzene rings is 2. The molecule has 2 aliphatic heterocycles. The van der Waals surface area contributed by atoms with E-state index in [9.17, 15) is 14.0 Å². The second-order valence-corrected chi connectivity index (χ2v) is 8.96. The first-order chi connectivity index (χ1) is 16.0. The summed E-state index contributed by atoms with van der Waals surface area (Å²) in [6.07, 6.45) is 2.92. The van der Waals surface area contributed by atoms with E-state index in [2.05, 4.69) is 10.2 Å². The molecule has 174 valence electrons. The van der Waals surface area contributed by atoms with Crippen molar-refractivity contribution in [2.24, 2.45) is 11.7 Å². The van der Waals surface area contributed by atoms with Crippen LogP contribution in [0.4, 0.5) is 4.39 Å². The van der Waals surface area contributed by atoms with Crippen LogP contribution in [0.25, 0.3) is 0 Å². The minimum atomic E-state index is -0.603. The number of hydrogen-bond donors (Lipinski definition) is 2. The van der Waals surface area contributed by atoms with Crippen molar-refractivity contribution in [3.63, 3.8) is 0 Å². The van der Waals surface area contributed by atoms with Gasteiger partial charge in [0.2, 0.25) is 5.91 Å². The summed E-state index contributed by atoms with van der Waals surface area (Å²) in [7, 11) is 0. The Morgan fingerprint density at radius 1 is 1.15 bits per heavy atom. The van der Waals surface area contributed by atoms with E-state index in [1.807, 2.05) is 36.5 Å². The van der Waals surface area contributed by atoms with Crippen LogP contribution in [0.15, 0.2) is 60.3 Å². The summed E-state index contributed by atoms with van der Waals surface area (Å²) in [4.78, 5) is 28.9. The average Bonchev–Trinajstić information content (AvgIpc) is 3.36. The van der Waals surface area contributed by atoms with E-state index in [1.165, 1.54) is 23.8 Å². The molecule has 0 aromatic heterocycles. The molecule has 3 N–H and O–H groups in total. The summed E-state index contributed by atoms with van der Waals surface area (Å²) >= 11 is 6.07. The van der Waals surface area contributed by atoms with Gasteiger partial charge in [0.25, 0.3) is 5.91 Å². The van der Waals surface area contributed by atoms with E-state index in [-0.39, 0.29) is 28.5 Å². The minimum Gasteiger partial charge on any atom is -0.349 e. The topological polar surface area (TPSA) is 78.7 Å². The molecule has 2 heterocycles. The van der Waals surface area contributed by atoms with Crippen LogP contribution >= 0.6 is 11.6 Å². The molecule has 33 heavy (non-hydrogen) atoms. The van der Waals surface area contributed by atoms with Gasteiger partial charge in [-0.15, -0.1) is 0 Å². The number of halogens is 2. The lowest BCUT2D eigenvalue weighted by molar-refractivity contribution is -0.121. The second-order valence-electron chi connectivity index (χ2n) is 8.55. The highest BCUT2D eigenvalue weighted by Crippen LogP contribution is 2.32. The SMILES string of the molecule is NCCC(=O)N[C@@H](CCN1CC2=CN(C(=O)c3c(F)cccc3Cl)CC2C1)c1ccccc1. The van der Waals surface area contributed by atoms with Crippen LogP contribution in [-0.4, -0.2) is 54.3 Å². The standard InChI is InChI=1S/C25H28ClFN4O2/c26-20-7-4-8-21(27)24(20)25(33)31-15-18-13-30(14-19(18)16-31)12-10-22(29-23(32)9-11-28)17-5-2-1-3-6-17/h1-8,15,19,22H,9-14,16,28H2,(H,29,32)/t19?,22-/m0/s1. The molecule has 1 unspecified atom stereocenters. The van der Waals surface area contributed by atoms with Gasteiger partial charge in [-0.25, -0.2) is 4.39 Å². The largest absolute Gasteiger partial charge is 0.349 e. The maximum absolute atomic E-state index is 14.2. The van der Waals surface area contributed by atoms with E-state index < -0.39 is 11.7 Å². The van der Waals surface area contributed by atoms with Gasteiger partial charge in [0.1, 0.15) is 5.82 Å². The van der Waals surface area contributed by atoms with E-state index in [0.717, 1.165) is 31.6 Å². The lowest BCUT2D eigenvalue weighted by atomic mass is 10.0. The molecule has 2 atom stereocenters. The van der Waals surface area contributed by atoms with Crippen LogP contribution in [0.2, 0.25) is 5.02 Å². The first kappa shape index (κ1) is 23.4. The summed E-state index contributed by atoms with van der Waals surface area (Å²) < 4.78 is 14.2. The molecule has 0 aliphatic carbocycles. The summed E-state index contributed by atoms with van der Waals surface area (Å²) in [6.45, 7) is 3.22. The molecular weight excluding hydrogens is 443 g/mol. The van der Waals surface area contributed by atoms with E-state index in [0.29, 0.717) is 19.5 Å². The number of fused-ring (bicyclic) bond motifs is 1. The number of nitrogens with two attached hydrogens (primary N) is 1. The predicted octanol–water partition coefficient (Wildman–Crippen LogP) is 3.35. The van der Waals surface area contributed by atoms with Crippen molar-refractivity contribution < 1.29 is 14.0 Å². The first-order valence-corrected chi connectivity index (χ1v) is 11.6. The molecule has 2 aromatic rings. The van der Waals surface area contributed by atoms with Crippen LogP contribution in [0.3, 0.4) is 0 Å². The summed E-state index contributed by atoms with van der Waals surface area (Å²) in [6, 6.07) is 14.1. The number of likely N-dealkylation sites (tertiary alicyclic amines) is 1. The van der Waals surface area contributed by atoms with Crippen LogP contribution in [0, 0.1) is 11.7 Å². The fraction of sp³-hybridized carbons (Fsp3) is 0.360. The molecule has 2 aromatic carbocycles. The highest BCUT2D eigenvalue weighted by atomic mass is 35.5. The van der Waals surface area contributed by atoms with Gasteiger partial charge in [0, 0.05) is 51.3 Å². The molecule has 0 spiro atoms. The van der Waals surface area contributed by atoms with Gasteiger partial charge >= 0.3 is 0 Å². The van der Waals surface area contributed by atoms with Gasteiger partial charge in [0.15, 0.2) is 0 Å². The molecule has 6 nitrogen and oxygen atoms in total. The first-order valence-electron chi connectivity index (χ1n) is 11.2. The smallest absolute Gasteiger partial charge is 0.262 e. The maximum Gasteiger partial charge on any atom is 0.262 e. The monoisotopic (exact) mass is 470 g/mol. The van der Waals surface area contributed by atoms with E-state index >= 15 is 0 Å². The highest BCUT2D eigenvalue weighted by Gasteiger charge is 2.36. The van der Waals surface area contributed by atoms with Crippen molar-refractivity contribution in [1.29, 1.82) is 0 Å². The Labute approximate surface area is 198 Å². The van der Waals surface area contributed by atoms with Gasteiger partial charge in [-0.1, -0.05) is 48.0 Å². The van der Waals surface area contributed by atoms with Crippen molar-refractivity contribution in [3.8, 4) is 0 Å². The Morgan fingerprint density at radius 2 is 1.94 bits per heavy atom. The van der Waals surface area contributed by atoms with Crippen molar-refractivity contribution >= 4 is 23.4 Å². The van der Waals surface area contributed by atoms with Crippen molar-refractivity contribution in [2.75, 3.05) is 32.7 Å². The zero-order valence-corrected chi connectivity index (χ0v) is 19.1. The number of carbonyl (C=O) groups is 2. The third kappa shape index (κ3) is 5.43. The number of nitrogens with one attached hydrogen (secondary N) is 1. The van der Waals surface area contributed by atoms with Gasteiger partial charge in [0.05, 0.1) is 16.6 Å². The van der Waals surface area contributed by atoms with Crippen molar-refractivity contribution in [3.05, 3.63) is 82.3 Å². The van der Waals surface area contributed by atoms with E-state index in [4.69, 9.17) is 17.3 Å². The van der Waals surface area contributed by atoms with Crippen molar-refractivity contribution in [2.45, 2.75) is 18.9 Å². The molecule has 0 bridgehead atoms. The average molecular weight is 471 g/mol. The highest BCUT2D eigenvalue weighted by molar-refractivity contribution is 6.33. The normalized spacial score (nSPS) is 18.7. The Balaban J connectivity index is 1.37. The zero-order chi connectivity index (χ0) is 23.4. The van der Waals surface area contributed by atoms with Gasteiger partial charge < -0.3 is 16.0 Å². The molecule has 1 fully saturated rings. The van der Waals surface area contributed by atoms with Crippen LogP contribution < -0.4 is 11.1 Å². The zero-order valence-electron chi connectivity index (χ0n) is 18.3. The minimum absolute atomic E-state index is 0.0479. The summed E-state index contributed by atoms with van der Waals surface area (Å²) in [5.41, 5.74) is 7.68. The molecular formula is C25H28ClFN4O2. The second kappa shape index (κ2) is 10.5. The number of carbonyl (C=O) groups excluding carboxylic acids is 2. The third-order valence-corrected chi connectivity index (χ3v) is 6.54. The Bertz CT molecular complexity index is 1030. The Hall–Kier alpha value is -2.74. The van der Waals surface area contributed by atoms with Crippen LogP contribution in [0.1, 0.15) is 34.8 Å². The molecule has 1 saturated heterocycles. The van der Waals surface area contributed by atoms with Crippen LogP contribution in [0.5, 0.6) is 0 Å². The molecule has 4 rings (SSSR count). The molecule has 2 amide bonds. The molecule has 0 radical (unpaired) electrons. The maximum atomic E-state index is 14.2. The molecule has 8 heteroatoms. The number of amides is 2. The lowest BCUT2D eigenvalue weighted by Crippen LogP contribution is -2.34. The van der Waals surface area contributed by atoms with Gasteiger partial charge in [-0.05, 0) is 29.7 Å². The Kier molecular flexibility index (Phi) is 7.42. The molecule has 2 aliphatic rings. The number of rotatable bonds is 8. The summed E-state index contributed by atoms with van der Waals surface area (Å²) in [5.74, 6) is -0.832. The van der Waals surface area contributed by atoms with Crippen LogP contribution in [-0.2, 0) is 4.79 Å². The van der Waals surface area contributed by atoms with E-state index in [1.54, 1.807) is 4.90 Å².